The summed E-state index contributed by atoms with van der Waals surface area (Å²) < 4.78 is 13.2. The van der Waals surface area contributed by atoms with Gasteiger partial charge in [-0.1, -0.05) is 6.07 Å². The Hall–Kier alpha value is -2.93. The molecule has 2 aromatic carbocycles. The summed E-state index contributed by atoms with van der Waals surface area (Å²) in [6.45, 7) is 8.80. The molecule has 2 aliphatic heterocycles. The average molecular weight is 453 g/mol. The fourth-order valence-electron chi connectivity index (χ4n) is 4.88. The summed E-state index contributed by atoms with van der Waals surface area (Å²) in [5.41, 5.74) is 4.09. The van der Waals surface area contributed by atoms with Gasteiger partial charge in [-0.25, -0.2) is 4.39 Å². The second-order valence-electron chi connectivity index (χ2n) is 9.26. The molecule has 1 N–H and O–H groups in total. The number of likely N-dealkylation sites (tertiary alicyclic amines) is 1. The van der Waals surface area contributed by atoms with E-state index in [1.165, 1.54) is 12.1 Å². The van der Waals surface area contributed by atoms with Crippen molar-refractivity contribution in [1.29, 1.82) is 0 Å². The zero-order chi connectivity index (χ0) is 23.4. The van der Waals surface area contributed by atoms with E-state index < -0.39 is 0 Å². The minimum absolute atomic E-state index is 0.0123. The van der Waals surface area contributed by atoms with Gasteiger partial charge in [-0.3, -0.25) is 14.5 Å². The largest absolute Gasteiger partial charge is 0.368 e. The summed E-state index contributed by atoms with van der Waals surface area (Å²) in [4.78, 5) is 31.8. The van der Waals surface area contributed by atoms with Crippen molar-refractivity contribution in [2.24, 2.45) is 5.92 Å². The molecule has 6 nitrogen and oxygen atoms in total. The number of carbonyl (C=O) groups excluding carboxylic acids is 2. The van der Waals surface area contributed by atoms with Crippen LogP contribution >= 0.6 is 0 Å². The summed E-state index contributed by atoms with van der Waals surface area (Å²) in [5.74, 6) is 0.0116. The Morgan fingerprint density at radius 3 is 2.12 bits per heavy atom. The van der Waals surface area contributed by atoms with Crippen LogP contribution in [0.1, 0.15) is 24.0 Å². The van der Waals surface area contributed by atoms with Gasteiger partial charge in [0.2, 0.25) is 11.8 Å². The monoisotopic (exact) mass is 452 g/mol. The number of hydrogen-bond donors (Lipinski definition) is 1. The molecule has 2 saturated heterocycles. The van der Waals surface area contributed by atoms with E-state index in [2.05, 4.69) is 21.2 Å². The number of benzene rings is 2. The van der Waals surface area contributed by atoms with E-state index in [0.717, 1.165) is 61.5 Å². The van der Waals surface area contributed by atoms with E-state index in [9.17, 15) is 14.0 Å². The van der Waals surface area contributed by atoms with Gasteiger partial charge in [0, 0.05) is 43.5 Å². The molecule has 2 aromatic rings. The van der Waals surface area contributed by atoms with E-state index in [1.807, 2.05) is 30.9 Å². The Bertz CT molecular complexity index is 958. The number of piperidine rings is 1. The summed E-state index contributed by atoms with van der Waals surface area (Å²) >= 11 is 0. The van der Waals surface area contributed by atoms with Gasteiger partial charge >= 0.3 is 0 Å². The third-order valence-corrected chi connectivity index (χ3v) is 6.59. The first kappa shape index (κ1) is 23.2. The molecule has 33 heavy (non-hydrogen) atoms. The maximum atomic E-state index is 13.2. The average Bonchev–Trinajstić information content (AvgIpc) is 2.79. The van der Waals surface area contributed by atoms with Gasteiger partial charge in [0.25, 0.3) is 0 Å². The molecule has 0 spiro atoms. The Kier molecular flexibility index (Phi) is 7.28. The van der Waals surface area contributed by atoms with Gasteiger partial charge < -0.3 is 15.1 Å². The Morgan fingerprint density at radius 2 is 1.52 bits per heavy atom. The number of nitrogens with zero attached hydrogens (tertiary/aromatic N) is 3. The van der Waals surface area contributed by atoms with Crippen LogP contribution in [0.15, 0.2) is 42.5 Å². The molecular weight excluding hydrogens is 419 g/mol. The van der Waals surface area contributed by atoms with Gasteiger partial charge in [-0.2, -0.15) is 0 Å². The number of aryl methyl sites for hydroxylation is 2. The molecule has 0 radical (unpaired) electrons. The van der Waals surface area contributed by atoms with Crippen LogP contribution in [0.4, 0.5) is 15.8 Å². The highest BCUT2D eigenvalue weighted by Crippen LogP contribution is 2.22. The minimum atomic E-state index is -0.235. The Balaban J connectivity index is 1.20. The van der Waals surface area contributed by atoms with Crippen LogP contribution in [0.3, 0.4) is 0 Å². The van der Waals surface area contributed by atoms with E-state index in [1.54, 1.807) is 12.1 Å². The summed E-state index contributed by atoms with van der Waals surface area (Å²) in [6, 6.07) is 12.6. The molecule has 0 saturated carbocycles. The highest BCUT2D eigenvalue weighted by Gasteiger charge is 2.31. The zero-order valence-corrected chi connectivity index (χ0v) is 19.5. The van der Waals surface area contributed by atoms with Crippen LogP contribution in [-0.2, 0) is 9.59 Å². The smallest absolute Gasteiger partial charge is 0.238 e. The van der Waals surface area contributed by atoms with Crippen molar-refractivity contribution in [3.63, 3.8) is 0 Å². The summed E-state index contributed by atoms with van der Waals surface area (Å²) in [6.07, 6.45) is 1.57. The molecule has 7 heteroatoms. The first-order valence-electron chi connectivity index (χ1n) is 11.8. The lowest BCUT2D eigenvalue weighted by Gasteiger charge is -2.39. The van der Waals surface area contributed by atoms with Crippen molar-refractivity contribution in [1.82, 2.24) is 9.80 Å². The molecule has 0 atom stereocenters. The summed E-state index contributed by atoms with van der Waals surface area (Å²) in [7, 11) is 0. The lowest BCUT2D eigenvalue weighted by atomic mass is 9.95. The highest BCUT2D eigenvalue weighted by molar-refractivity contribution is 5.92. The van der Waals surface area contributed by atoms with E-state index in [4.69, 9.17) is 0 Å². The first-order valence-corrected chi connectivity index (χ1v) is 11.8. The number of anilines is 2. The molecule has 2 amide bonds. The molecule has 4 rings (SSSR count). The maximum absolute atomic E-state index is 13.2. The lowest BCUT2D eigenvalue weighted by Crippen LogP contribution is -2.52. The first-order chi connectivity index (χ1) is 15.9. The molecule has 0 aromatic heterocycles. The maximum Gasteiger partial charge on any atom is 0.238 e. The van der Waals surface area contributed by atoms with Gasteiger partial charge in [0.05, 0.1) is 6.54 Å². The molecule has 2 aliphatic rings. The molecule has 2 fully saturated rings. The van der Waals surface area contributed by atoms with Gasteiger partial charge in [-0.05, 0) is 87.3 Å². The predicted octanol–water partition coefficient (Wildman–Crippen LogP) is 3.44. The quantitative estimate of drug-likeness (QED) is 0.755. The van der Waals surface area contributed by atoms with Crippen molar-refractivity contribution in [2.45, 2.75) is 26.7 Å². The highest BCUT2D eigenvalue weighted by atomic mass is 19.1. The predicted molar refractivity (Wildman–Crippen MR) is 129 cm³/mol. The number of piperazine rings is 1. The van der Waals surface area contributed by atoms with E-state index in [0.29, 0.717) is 19.6 Å². The van der Waals surface area contributed by atoms with Crippen molar-refractivity contribution in [3.05, 3.63) is 59.4 Å². The van der Waals surface area contributed by atoms with Crippen molar-refractivity contribution in [3.8, 4) is 0 Å². The Labute approximate surface area is 195 Å². The van der Waals surface area contributed by atoms with E-state index >= 15 is 0 Å². The topological polar surface area (TPSA) is 55.9 Å². The molecule has 0 bridgehead atoms. The molecule has 0 aliphatic carbocycles. The molecule has 2 heterocycles. The second kappa shape index (κ2) is 10.3. The Morgan fingerprint density at radius 1 is 0.909 bits per heavy atom. The minimum Gasteiger partial charge on any atom is -0.368 e. The normalized spacial score (nSPS) is 17.8. The number of halogens is 1. The fraction of sp³-hybridized carbons (Fsp3) is 0.462. The zero-order valence-electron chi connectivity index (χ0n) is 19.5. The van der Waals surface area contributed by atoms with Gasteiger partial charge in [-0.15, -0.1) is 0 Å². The second-order valence-corrected chi connectivity index (χ2v) is 9.26. The lowest BCUT2D eigenvalue weighted by molar-refractivity contribution is -0.137. The van der Waals surface area contributed by atoms with Crippen LogP contribution in [-0.4, -0.2) is 67.4 Å². The molecule has 0 unspecified atom stereocenters. The van der Waals surface area contributed by atoms with Crippen molar-refractivity contribution in [2.75, 3.05) is 56.0 Å². The number of rotatable bonds is 5. The number of nitrogens with one attached hydrogen (secondary N) is 1. The summed E-state index contributed by atoms with van der Waals surface area (Å²) in [5, 5.41) is 3.00. The molecular formula is C26H33FN4O2. The number of hydrogen-bond acceptors (Lipinski definition) is 4. The SMILES string of the molecule is Cc1cc(C)cc(NC(=O)CN2CCC(C(=O)N3CCN(c4ccc(F)cc4)CC3)CC2)c1. The van der Waals surface area contributed by atoms with E-state index in [-0.39, 0.29) is 23.5 Å². The fourth-order valence-corrected chi connectivity index (χ4v) is 4.88. The van der Waals surface area contributed by atoms with Crippen LogP contribution in [0.5, 0.6) is 0 Å². The van der Waals surface area contributed by atoms with Gasteiger partial charge in [0.15, 0.2) is 0 Å². The van der Waals surface area contributed by atoms with Crippen LogP contribution < -0.4 is 10.2 Å². The van der Waals surface area contributed by atoms with Crippen LogP contribution in [0, 0.1) is 25.6 Å². The van der Waals surface area contributed by atoms with Crippen molar-refractivity contribution < 1.29 is 14.0 Å². The van der Waals surface area contributed by atoms with Crippen LogP contribution in [0.25, 0.3) is 0 Å². The number of amides is 2. The molecule has 176 valence electrons. The van der Waals surface area contributed by atoms with Gasteiger partial charge in [0.1, 0.15) is 5.82 Å². The third kappa shape index (κ3) is 6.11. The number of carbonyl (C=O) groups is 2. The van der Waals surface area contributed by atoms with Crippen LogP contribution in [0.2, 0.25) is 0 Å². The third-order valence-electron chi connectivity index (χ3n) is 6.59. The van der Waals surface area contributed by atoms with Crippen molar-refractivity contribution >= 4 is 23.2 Å². The standard InChI is InChI=1S/C26H33FN4O2/c1-19-15-20(2)17-23(16-19)28-25(32)18-29-9-7-21(8-10-29)26(33)31-13-11-30(12-14-31)24-5-3-22(27)4-6-24/h3-6,15-17,21H,7-14,18H2,1-2H3,(H,28,32).